The van der Waals surface area contributed by atoms with Crippen molar-refractivity contribution in [2.75, 3.05) is 13.1 Å². The SMILES string of the molecule is CCC1CNCCC1(O)C(=O)O. The number of aliphatic hydroxyl groups is 1. The van der Waals surface area contributed by atoms with Crippen LogP contribution in [0.2, 0.25) is 0 Å². The highest BCUT2D eigenvalue weighted by Gasteiger charge is 2.44. The number of carbonyl (C=O) groups is 1. The molecular weight excluding hydrogens is 158 g/mol. The van der Waals surface area contributed by atoms with Crippen LogP contribution in [0.5, 0.6) is 0 Å². The summed E-state index contributed by atoms with van der Waals surface area (Å²) in [5.74, 6) is -1.25. The highest BCUT2D eigenvalue weighted by atomic mass is 16.4. The van der Waals surface area contributed by atoms with Gasteiger partial charge in [-0.05, 0) is 19.4 Å². The molecule has 1 heterocycles. The van der Waals surface area contributed by atoms with Crippen LogP contribution in [-0.2, 0) is 4.79 Å². The first-order chi connectivity index (χ1) is 5.61. The average molecular weight is 173 g/mol. The van der Waals surface area contributed by atoms with Crippen LogP contribution in [0.15, 0.2) is 0 Å². The number of piperidine rings is 1. The Hall–Kier alpha value is -0.610. The fourth-order valence-electron chi connectivity index (χ4n) is 1.69. The maximum Gasteiger partial charge on any atom is 0.336 e. The van der Waals surface area contributed by atoms with Gasteiger partial charge in [0.2, 0.25) is 0 Å². The van der Waals surface area contributed by atoms with Crippen LogP contribution >= 0.6 is 0 Å². The Morgan fingerprint density at radius 1 is 1.75 bits per heavy atom. The van der Waals surface area contributed by atoms with E-state index >= 15 is 0 Å². The van der Waals surface area contributed by atoms with Gasteiger partial charge in [-0.15, -0.1) is 0 Å². The van der Waals surface area contributed by atoms with Gasteiger partial charge >= 0.3 is 5.97 Å². The summed E-state index contributed by atoms with van der Waals surface area (Å²) in [6.45, 7) is 3.07. The number of rotatable bonds is 2. The molecule has 2 unspecified atom stereocenters. The quantitative estimate of drug-likeness (QED) is 0.542. The minimum absolute atomic E-state index is 0.163. The second-order valence-electron chi connectivity index (χ2n) is 3.29. The van der Waals surface area contributed by atoms with Gasteiger partial charge in [0.15, 0.2) is 5.60 Å². The first-order valence-corrected chi connectivity index (χ1v) is 4.27. The van der Waals surface area contributed by atoms with E-state index in [9.17, 15) is 9.90 Å². The van der Waals surface area contributed by atoms with Gasteiger partial charge in [-0.25, -0.2) is 4.79 Å². The Morgan fingerprint density at radius 2 is 2.42 bits per heavy atom. The van der Waals surface area contributed by atoms with E-state index in [2.05, 4.69) is 5.32 Å². The van der Waals surface area contributed by atoms with Gasteiger partial charge in [0.1, 0.15) is 0 Å². The van der Waals surface area contributed by atoms with E-state index in [4.69, 9.17) is 5.11 Å². The number of aliphatic carboxylic acids is 1. The molecule has 12 heavy (non-hydrogen) atoms. The summed E-state index contributed by atoms with van der Waals surface area (Å²) in [7, 11) is 0. The van der Waals surface area contributed by atoms with Crippen molar-refractivity contribution in [1.29, 1.82) is 0 Å². The zero-order valence-corrected chi connectivity index (χ0v) is 7.21. The Kier molecular flexibility index (Phi) is 2.69. The molecule has 0 aromatic carbocycles. The summed E-state index contributed by atoms with van der Waals surface area (Å²) in [5, 5.41) is 21.7. The van der Waals surface area contributed by atoms with Crippen molar-refractivity contribution in [3.05, 3.63) is 0 Å². The molecule has 0 saturated carbocycles. The van der Waals surface area contributed by atoms with E-state index in [0.717, 1.165) is 0 Å². The van der Waals surface area contributed by atoms with Gasteiger partial charge in [0.05, 0.1) is 0 Å². The molecule has 3 N–H and O–H groups in total. The first-order valence-electron chi connectivity index (χ1n) is 4.27. The van der Waals surface area contributed by atoms with Gasteiger partial charge in [-0.2, -0.15) is 0 Å². The first kappa shape index (κ1) is 9.48. The number of carboxylic acids is 1. The lowest BCUT2D eigenvalue weighted by atomic mass is 9.80. The molecule has 1 aliphatic rings. The van der Waals surface area contributed by atoms with Gasteiger partial charge < -0.3 is 15.5 Å². The maximum atomic E-state index is 10.8. The normalized spacial score (nSPS) is 36.3. The van der Waals surface area contributed by atoms with Gasteiger partial charge in [0.25, 0.3) is 0 Å². The van der Waals surface area contributed by atoms with E-state index in [-0.39, 0.29) is 5.92 Å². The lowest BCUT2D eigenvalue weighted by molar-refractivity contribution is -0.168. The maximum absolute atomic E-state index is 10.8. The van der Waals surface area contributed by atoms with E-state index in [1.165, 1.54) is 0 Å². The fourth-order valence-corrected chi connectivity index (χ4v) is 1.69. The highest BCUT2D eigenvalue weighted by Crippen LogP contribution is 2.26. The van der Waals surface area contributed by atoms with Gasteiger partial charge in [-0.3, -0.25) is 0 Å². The number of hydrogen-bond acceptors (Lipinski definition) is 3. The van der Waals surface area contributed by atoms with Gasteiger partial charge in [-0.1, -0.05) is 6.92 Å². The molecule has 0 aromatic rings. The van der Waals surface area contributed by atoms with E-state index < -0.39 is 11.6 Å². The van der Waals surface area contributed by atoms with Crippen molar-refractivity contribution in [2.24, 2.45) is 5.92 Å². The molecule has 0 amide bonds. The van der Waals surface area contributed by atoms with Crippen LogP contribution in [0.3, 0.4) is 0 Å². The van der Waals surface area contributed by atoms with Crippen LogP contribution in [0.25, 0.3) is 0 Å². The third-order valence-corrected chi connectivity index (χ3v) is 2.61. The summed E-state index contributed by atoms with van der Waals surface area (Å²) in [6.07, 6.45) is 0.997. The van der Waals surface area contributed by atoms with Crippen molar-refractivity contribution >= 4 is 5.97 Å². The van der Waals surface area contributed by atoms with Crippen molar-refractivity contribution in [2.45, 2.75) is 25.4 Å². The van der Waals surface area contributed by atoms with Crippen LogP contribution in [0.4, 0.5) is 0 Å². The van der Waals surface area contributed by atoms with Crippen molar-refractivity contribution in [3.8, 4) is 0 Å². The van der Waals surface area contributed by atoms with E-state index in [1.54, 1.807) is 0 Å². The molecule has 1 saturated heterocycles. The zero-order valence-electron chi connectivity index (χ0n) is 7.21. The number of nitrogens with one attached hydrogen (secondary N) is 1. The molecule has 70 valence electrons. The molecule has 1 aliphatic heterocycles. The van der Waals surface area contributed by atoms with Crippen LogP contribution in [0.1, 0.15) is 19.8 Å². The van der Waals surface area contributed by atoms with Crippen molar-refractivity contribution in [3.63, 3.8) is 0 Å². The lowest BCUT2D eigenvalue weighted by Gasteiger charge is -2.36. The summed E-state index contributed by atoms with van der Waals surface area (Å²) in [6, 6.07) is 0. The molecule has 1 rings (SSSR count). The molecular formula is C8H15NO3. The molecule has 1 fully saturated rings. The molecule has 0 aliphatic carbocycles. The molecule has 4 heteroatoms. The topological polar surface area (TPSA) is 69.6 Å². The largest absolute Gasteiger partial charge is 0.479 e. The molecule has 0 spiro atoms. The van der Waals surface area contributed by atoms with Crippen LogP contribution in [0, 0.1) is 5.92 Å². The third-order valence-electron chi connectivity index (χ3n) is 2.61. The fraction of sp³-hybridized carbons (Fsp3) is 0.875. The van der Waals surface area contributed by atoms with E-state index in [0.29, 0.717) is 25.9 Å². The zero-order chi connectivity index (χ0) is 9.19. The van der Waals surface area contributed by atoms with Crippen molar-refractivity contribution in [1.82, 2.24) is 5.32 Å². The smallest absolute Gasteiger partial charge is 0.336 e. The minimum atomic E-state index is -1.50. The second kappa shape index (κ2) is 3.41. The standard InChI is InChI=1S/C8H15NO3/c1-2-6-5-9-4-3-8(6,12)7(10)11/h6,9,12H,2-5H2,1H3,(H,10,11). The number of hydrogen-bond donors (Lipinski definition) is 3. The van der Waals surface area contributed by atoms with Crippen LogP contribution in [-0.4, -0.2) is 34.9 Å². The summed E-state index contributed by atoms with van der Waals surface area (Å²) in [4.78, 5) is 10.8. The summed E-state index contributed by atoms with van der Waals surface area (Å²) < 4.78 is 0. The predicted octanol–water partition coefficient (Wildman–Crippen LogP) is -0.178. The Labute approximate surface area is 71.6 Å². The lowest BCUT2D eigenvalue weighted by Crippen LogP contribution is -2.54. The van der Waals surface area contributed by atoms with E-state index in [1.807, 2.05) is 6.92 Å². The molecule has 4 nitrogen and oxygen atoms in total. The highest BCUT2D eigenvalue weighted by molar-refractivity contribution is 5.77. The Bertz CT molecular complexity index is 183. The molecule has 2 atom stereocenters. The van der Waals surface area contributed by atoms with Crippen molar-refractivity contribution < 1.29 is 15.0 Å². The molecule has 0 aromatic heterocycles. The van der Waals surface area contributed by atoms with Crippen LogP contribution < -0.4 is 5.32 Å². The molecule has 0 bridgehead atoms. The average Bonchev–Trinajstić information content (AvgIpc) is 2.05. The third kappa shape index (κ3) is 1.44. The van der Waals surface area contributed by atoms with Gasteiger partial charge in [0, 0.05) is 12.5 Å². The summed E-state index contributed by atoms with van der Waals surface area (Å²) >= 11 is 0. The Morgan fingerprint density at radius 3 is 2.83 bits per heavy atom. The second-order valence-corrected chi connectivity index (χ2v) is 3.29. The number of carboxylic acid groups (broad SMARTS) is 1. The predicted molar refractivity (Wildman–Crippen MR) is 43.9 cm³/mol. The Balaban J connectivity index is 2.75. The molecule has 0 radical (unpaired) electrons. The summed E-state index contributed by atoms with van der Waals surface area (Å²) in [5.41, 5.74) is -1.50. The monoisotopic (exact) mass is 173 g/mol. The minimum Gasteiger partial charge on any atom is -0.479 e.